The number of carbonyl (C=O) groups excluding carboxylic acids is 1. The van der Waals surface area contributed by atoms with Gasteiger partial charge in [-0.15, -0.1) is 11.3 Å². The van der Waals surface area contributed by atoms with E-state index in [4.69, 9.17) is 4.52 Å². The van der Waals surface area contributed by atoms with Crippen molar-refractivity contribution >= 4 is 17.2 Å². The van der Waals surface area contributed by atoms with E-state index >= 15 is 0 Å². The van der Waals surface area contributed by atoms with Crippen molar-refractivity contribution < 1.29 is 9.32 Å². The van der Waals surface area contributed by atoms with Crippen molar-refractivity contribution in [2.24, 2.45) is 0 Å². The summed E-state index contributed by atoms with van der Waals surface area (Å²) in [4.78, 5) is 17.6. The molecule has 5 nitrogen and oxygen atoms in total. The second kappa shape index (κ2) is 8.48. The molecule has 27 heavy (non-hydrogen) atoms. The van der Waals surface area contributed by atoms with Crippen molar-refractivity contribution in [3.05, 3.63) is 59.3 Å². The van der Waals surface area contributed by atoms with Crippen LogP contribution in [0.1, 0.15) is 49.5 Å². The Morgan fingerprint density at radius 3 is 2.67 bits per heavy atom. The Kier molecular flexibility index (Phi) is 5.63. The molecule has 1 aliphatic rings. The molecule has 0 bridgehead atoms. The minimum Gasteiger partial charge on any atom is -0.353 e. The van der Waals surface area contributed by atoms with Crippen LogP contribution in [0.25, 0.3) is 10.7 Å². The lowest BCUT2D eigenvalue weighted by Crippen LogP contribution is -2.37. The zero-order valence-electron chi connectivity index (χ0n) is 15.1. The lowest BCUT2D eigenvalue weighted by Gasteiger charge is -2.29. The molecule has 140 valence electrons. The van der Waals surface area contributed by atoms with E-state index in [2.05, 4.69) is 45.8 Å². The SMILES string of the molecule is O=C(CCc1nc(-c2cccs2)no1)NC1CCC(c2ccccc2)CC1. The van der Waals surface area contributed by atoms with Crippen LogP contribution in [0.5, 0.6) is 0 Å². The first kappa shape index (κ1) is 17.9. The van der Waals surface area contributed by atoms with Gasteiger partial charge < -0.3 is 9.84 Å². The molecular formula is C21H23N3O2S. The second-order valence-electron chi connectivity index (χ2n) is 7.02. The molecule has 3 aromatic rings. The molecule has 2 aromatic heterocycles. The molecule has 1 amide bonds. The average molecular weight is 382 g/mol. The summed E-state index contributed by atoms with van der Waals surface area (Å²) < 4.78 is 5.26. The zero-order chi connectivity index (χ0) is 18.5. The third-order valence-corrected chi connectivity index (χ3v) is 6.00. The first-order valence-corrected chi connectivity index (χ1v) is 10.4. The number of amides is 1. The van der Waals surface area contributed by atoms with E-state index < -0.39 is 0 Å². The van der Waals surface area contributed by atoms with Gasteiger partial charge in [0.2, 0.25) is 17.6 Å². The molecule has 6 heteroatoms. The number of rotatable bonds is 6. The first-order valence-electron chi connectivity index (χ1n) is 9.48. The van der Waals surface area contributed by atoms with Crippen LogP contribution >= 0.6 is 11.3 Å². The predicted molar refractivity (Wildman–Crippen MR) is 106 cm³/mol. The Hall–Kier alpha value is -2.47. The first-order chi connectivity index (χ1) is 13.3. The Labute approximate surface area is 162 Å². The molecule has 0 atom stereocenters. The van der Waals surface area contributed by atoms with Crippen LogP contribution in [-0.4, -0.2) is 22.1 Å². The summed E-state index contributed by atoms with van der Waals surface area (Å²) in [5.41, 5.74) is 1.42. The number of aryl methyl sites for hydroxylation is 1. The van der Waals surface area contributed by atoms with E-state index in [0.29, 0.717) is 30.5 Å². The molecular weight excluding hydrogens is 358 g/mol. The van der Waals surface area contributed by atoms with Crippen LogP contribution < -0.4 is 5.32 Å². The summed E-state index contributed by atoms with van der Waals surface area (Å²) in [7, 11) is 0. The zero-order valence-corrected chi connectivity index (χ0v) is 16.0. The molecule has 1 N–H and O–H groups in total. The van der Waals surface area contributed by atoms with E-state index in [-0.39, 0.29) is 11.9 Å². The van der Waals surface area contributed by atoms with E-state index in [1.807, 2.05) is 17.5 Å². The lowest BCUT2D eigenvalue weighted by atomic mass is 9.82. The minimum absolute atomic E-state index is 0.0639. The minimum atomic E-state index is 0.0639. The van der Waals surface area contributed by atoms with Crippen molar-refractivity contribution in [3.63, 3.8) is 0 Å². The van der Waals surface area contributed by atoms with Gasteiger partial charge in [0.25, 0.3) is 0 Å². The van der Waals surface area contributed by atoms with Crippen molar-refractivity contribution in [1.82, 2.24) is 15.5 Å². The van der Waals surface area contributed by atoms with Crippen molar-refractivity contribution in [2.75, 3.05) is 0 Å². The second-order valence-corrected chi connectivity index (χ2v) is 7.96. The fourth-order valence-electron chi connectivity index (χ4n) is 3.68. The maximum atomic E-state index is 12.3. The van der Waals surface area contributed by atoms with Gasteiger partial charge >= 0.3 is 0 Å². The van der Waals surface area contributed by atoms with Crippen LogP contribution in [0.4, 0.5) is 0 Å². The molecule has 0 aliphatic heterocycles. The normalized spacial score (nSPS) is 19.7. The summed E-state index contributed by atoms with van der Waals surface area (Å²) in [6.45, 7) is 0. The van der Waals surface area contributed by atoms with Gasteiger partial charge in [0, 0.05) is 18.9 Å². The number of thiophene rings is 1. The Morgan fingerprint density at radius 2 is 1.93 bits per heavy atom. The summed E-state index contributed by atoms with van der Waals surface area (Å²) in [5.74, 6) is 1.79. The number of nitrogens with zero attached hydrogens (tertiary/aromatic N) is 2. The van der Waals surface area contributed by atoms with Crippen molar-refractivity contribution in [2.45, 2.75) is 50.5 Å². The average Bonchev–Trinajstić information content (AvgIpc) is 3.39. The van der Waals surface area contributed by atoms with Crippen molar-refractivity contribution in [1.29, 1.82) is 0 Å². The maximum Gasteiger partial charge on any atom is 0.227 e. The molecule has 0 saturated heterocycles. The van der Waals surface area contributed by atoms with Crippen LogP contribution in [0.3, 0.4) is 0 Å². The van der Waals surface area contributed by atoms with Gasteiger partial charge in [-0.3, -0.25) is 4.79 Å². The van der Waals surface area contributed by atoms with Gasteiger partial charge in [0.05, 0.1) is 4.88 Å². The molecule has 2 heterocycles. The highest BCUT2D eigenvalue weighted by Crippen LogP contribution is 2.32. The molecule has 1 fully saturated rings. The lowest BCUT2D eigenvalue weighted by molar-refractivity contribution is -0.122. The summed E-state index contributed by atoms with van der Waals surface area (Å²) in [5, 5.41) is 9.13. The van der Waals surface area contributed by atoms with Gasteiger partial charge in [-0.25, -0.2) is 0 Å². The van der Waals surface area contributed by atoms with E-state index in [9.17, 15) is 4.79 Å². The largest absolute Gasteiger partial charge is 0.353 e. The Morgan fingerprint density at radius 1 is 1.11 bits per heavy atom. The third kappa shape index (κ3) is 4.63. The number of aromatic nitrogens is 2. The van der Waals surface area contributed by atoms with Crippen LogP contribution in [-0.2, 0) is 11.2 Å². The molecule has 1 saturated carbocycles. The van der Waals surface area contributed by atoms with Crippen LogP contribution in [0, 0.1) is 0 Å². The van der Waals surface area contributed by atoms with Crippen molar-refractivity contribution in [3.8, 4) is 10.7 Å². The molecule has 0 radical (unpaired) electrons. The fourth-order valence-corrected chi connectivity index (χ4v) is 4.33. The fraction of sp³-hybridized carbons (Fsp3) is 0.381. The summed E-state index contributed by atoms with van der Waals surface area (Å²) >= 11 is 1.57. The topological polar surface area (TPSA) is 68.0 Å². The Bertz CT molecular complexity index is 853. The predicted octanol–water partition coefficient (Wildman–Crippen LogP) is 4.57. The maximum absolute atomic E-state index is 12.3. The van der Waals surface area contributed by atoms with Gasteiger partial charge in [-0.05, 0) is 48.6 Å². The summed E-state index contributed by atoms with van der Waals surface area (Å²) in [6.07, 6.45) is 5.18. The highest BCUT2D eigenvalue weighted by molar-refractivity contribution is 7.13. The van der Waals surface area contributed by atoms with Gasteiger partial charge in [0.15, 0.2) is 0 Å². The quantitative estimate of drug-likeness (QED) is 0.679. The monoisotopic (exact) mass is 381 g/mol. The van der Waals surface area contributed by atoms with Crippen LogP contribution in [0.2, 0.25) is 0 Å². The number of benzene rings is 1. The van der Waals surface area contributed by atoms with Gasteiger partial charge in [-0.2, -0.15) is 4.98 Å². The summed E-state index contributed by atoms with van der Waals surface area (Å²) in [6, 6.07) is 14.9. The Balaban J connectivity index is 1.21. The molecule has 4 rings (SSSR count). The van der Waals surface area contributed by atoms with Gasteiger partial charge in [-0.1, -0.05) is 41.6 Å². The number of hydrogen-bond donors (Lipinski definition) is 1. The van der Waals surface area contributed by atoms with E-state index in [1.54, 1.807) is 11.3 Å². The molecule has 1 aliphatic carbocycles. The van der Waals surface area contributed by atoms with E-state index in [0.717, 1.165) is 30.6 Å². The smallest absolute Gasteiger partial charge is 0.227 e. The third-order valence-electron chi connectivity index (χ3n) is 5.14. The highest BCUT2D eigenvalue weighted by Gasteiger charge is 2.23. The highest BCUT2D eigenvalue weighted by atomic mass is 32.1. The number of carbonyl (C=O) groups is 1. The standard InChI is InChI=1S/C21H23N3O2S/c25-19(12-13-20-23-21(24-26-20)18-7-4-14-27-18)22-17-10-8-16(9-11-17)15-5-2-1-3-6-15/h1-7,14,16-17H,8-13H2,(H,22,25). The number of nitrogens with one attached hydrogen (secondary N) is 1. The number of hydrogen-bond acceptors (Lipinski definition) is 5. The van der Waals surface area contributed by atoms with E-state index in [1.165, 1.54) is 5.56 Å². The van der Waals surface area contributed by atoms with Gasteiger partial charge in [0.1, 0.15) is 0 Å². The molecule has 1 aromatic carbocycles. The molecule has 0 unspecified atom stereocenters. The van der Waals surface area contributed by atoms with Crippen LogP contribution in [0.15, 0.2) is 52.4 Å². The molecule has 0 spiro atoms.